The quantitative estimate of drug-likeness (QED) is 0.519. The summed E-state index contributed by atoms with van der Waals surface area (Å²) in [5.74, 6) is -0.0312. The molecule has 0 fully saturated rings. The van der Waals surface area contributed by atoms with E-state index in [0.717, 1.165) is 6.42 Å². The van der Waals surface area contributed by atoms with Gasteiger partial charge < -0.3 is 0 Å². The van der Waals surface area contributed by atoms with Gasteiger partial charge in [0.15, 0.2) is 0 Å². The van der Waals surface area contributed by atoms with Crippen LogP contribution in [0, 0.1) is 0 Å². The molecule has 5 heteroatoms. The molecule has 0 aromatic rings. The van der Waals surface area contributed by atoms with Crippen LogP contribution in [0.4, 0.5) is 0 Å². The highest BCUT2D eigenvalue weighted by atomic mass is 35.7. The van der Waals surface area contributed by atoms with Crippen molar-refractivity contribution in [3.63, 3.8) is 0 Å². The molecule has 0 saturated heterocycles. The van der Waals surface area contributed by atoms with Gasteiger partial charge in [0.25, 0.3) is 0 Å². The Hall–Kier alpha value is 0.530. The highest BCUT2D eigenvalue weighted by molar-refractivity contribution is 8.13. The second-order valence-corrected chi connectivity index (χ2v) is 5.55. The van der Waals surface area contributed by atoms with E-state index in [4.69, 9.17) is 22.3 Å². The normalized spacial score (nSPS) is 15.1. The van der Waals surface area contributed by atoms with Gasteiger partial charge in [-0.1, -0.05) is 6.92 Å². The molecular weight excluding hydrogens is 195 g/mol. The minimum absolute atomic E-state index is 0.0312. The first kappa shape index (κ1) is 10.5. The topological polar surface area (TPSA) is 34.1 Å². The summed E-state index contributed by atoms with van der Waals surface area (Å²) >= 11 is 5.65. The Kier molecular flexibility index (Phi) is 4.65. The van der Waals surface area contributed by atoms with Crippen LogP contribution < -0.4 is 0 Å². The first-order valence-corrected chi connectivity index (χ1v) is 5.93. The van der Waals surface area contributed by atoms with Crippen LogP contribution in [0.25, 0.3) is 0 Å². The molecule has 10 heavy (non-hydrogen) atoms. The van der Waals surface area contributed by atoms with Gasteiger partial charge in [-0.05, 0) is 12.8 Å². The molecule has 0 N–H and O–H groups in total. The SMILES string of the molecule is CCC(Cl)CCS(=O)(=O)Cl. The Bertz CT molecular complexity index is 176. The lowest BCUT2D eigenvalue weighted by Crippen LogP contribution is -2.04. The fraction of sp³-hybridized carbons (Fsp3) is 1.00. The maximum Gasteiger partial charge on any atom is 0.232 e. The predicted molar refractivity (Wildman–Crippen MR) is 44.2 cm³/mol. The third-order valence-electron chi connectivity index (χ3n) is 1.12. The Morgan fingerprint density at radius 2 is 2.00 bits per heavy atom. The van der Waals surface area contributed by atoms with Gasteiger partial charge in [0, 0.05) is 16.1 Å². The molecule has 0 rings (SSSR count). The molecule has 0 radical (unpaired) electrons. The summed E-state index contributed by atoms with van der Waals surface area (Å²) in [7, 11) is 1.61. The van der Waals surface area contributed by atoms with Gasteiger partial charge in [0.2, 0.25) is 9.05 Å². The Balaban J connectivity index is 3.56. The van der Waals surface area contributed by atoms with Crippen molar-refractivity contribution in [3.05, 3.63) is 0 Å². The van der Waals surface area contributed by atoms with Gasteiger partial charge in [0.05, 0.1) is 5.75 Å². The van der Waals surface area contributed by atoms with Crippen molar-refractivity contribution in [2.24, 2.45) is 0 Å². The number of hydrogen-bond donors (Lipinski definition) is 0. The zero-order valence-corrected chi connectivity index (χ0v) is 8.01. The summed E-state index contributed by atoms with van der Waals surface area (Å²) in [6, 6.07) is 0. The number of halogens is 2. The van der Waals surface area contributed by atoms with Crippen molar-refractivity contribution in [3.8, 4) is 0 Å². The van der Waals surface area contributed by atoms with Crippen LogP contribution in [-0.4, -0.2) is 19.5 Å². The minimum Gasteiger partial charge on any atom is -0.212 e. The fourth-order valence-electron chi connectivity index (χ4n) is 0.473. The van der Waals surface area contributed by atoms with Crippen molar-refractivity contribution in [1.82, 2.24) is 0 Å². The average molecular weight is 205 g/mol. The molecule has 0 bridgehead atoms. The summed E-state index contributed by atoms with van der Waals surface area (Å²) < 4.78 is 20.7. The molecule has 0 aliphatic carbocycles. The molecule has 0 spiro atoms. The van der Waals surface area contributed by atoms with Gasteiger partial charge in [-0.2, -0.15) is 0 Å². The van der Waals surface area contributed by atoms with E-state index >= 15 is 0 Å². The maximum absolute atomic E-state index is 10.4. The highest BCUT2D eigenvalue weighted by Crippen LogP contribution is 2.09. The summed E-state index contributed by atoms with van der Waals surface area (Å²) in [5.41, 5.74) is 0. The van der Waals surface area contributed by atoms with Crippen LogP contribution in [-0.2, 0) is 9.05 Å². The average Bonchev–Trinajstić information content (AvgIpc) is 1.81. The molecule has 62 valence electrons. The van der Waals surface area contributed by atoms with Crippen LogP contribution in [0.2, 0.25) is 0 Å². The molecule has 2 nitrogen and oxygen atoms in total. The number of hydrogen-bond acceptors (Lipinski definition) is 2. The molecule has 0 aliphatic rings. The molecule has 1 unspecified atom stereocenters. The van der Waals surface area contributed by atoms with Gasteiger partial charge in [-0.3, -0.25) is 0 Å². The molecule has 0 amide bonds. The Morgan fingerprint density at radius 3 is 2.30 bits per heavy atom. The van der Waals surface area contributed by atoms with Crippen molar-refractivity contribution >= 4 is 31.3 Å². The van der Waals surface area contributed by atoms with Crippen molar-refractivity contribution < 1.29 is 8.42 Å². The van der Waals surface area contributed by atoms with E-state index in [1.54, 1.807) is 0 Å². The Labute approximate surface area is 70.9 Å². The van der Waals surface area contributed by atoms with Gasteiger partial charge in [0.1, 0.15) is 0 Å². The summed E-state index contributed by atoms with van der Waals surface area (Å²) in [6.07, 6.45) is 1.21. The fourth-order valence-corrected chi connectivity index (χ4v) is 1.54. The molecule has 1 atom stereocenters. The minimum atomic E-state index is -3.34. The van der Waals surface area contributed by atoms with Crippen LogP contribution in [0.15, 0.2) is 0 Å². The largest absolute Gasteiger partial charge is 0.232 e. The van der Waals surface area contributed by atoms with E-state index in [1.807, 2.05) is 6.92 Å². The Morgan fingerprint density at radius 1 is 1.50 bits per heavy atom. The van der Waals surface area contributed by atoms with E-state index < -0.39 is 9.05 Å². The lowest BCUT2D eigenvalue weighted by molar-refractivity contribution is 0.605. The smallest absolute Gasteiger partial charge is 0.212 e. The number of rotatable bonds is 4. The van der Waals surface area contributed by atoms with E-state index in [2.05, 4.69) is 0 Å². The maximum atomic E-state index is 10.4. The van der Waals surface area contributed by atoms with E-state index in [0.29, 0.717) is 6.42 Å². The van der Waals surface area contributed by atoms with Crippen molar-refractivity contribution in [2.45, 2.75) is 25.1 Å². The zero-order valence-electron chi connectivity index (χ0n) is 5.68. The lowest BCUT2D eigenvalue weighted by atomic mass is 10.3. The first-order chi connectivity index (χ1) is 4.45. The second kappa shape index (κ2) is 4.42. The van der Waals surface area contributed by atoms with Gasteiger partial charge in [-0.25, -0.2) is 8.42 Å². The van der Waals surface area contributed by atoms with Crippen LogP contribution in [0.5, 0.6) is 0 Å². The van der Waals surface area contributed by atoms with Gasteiger partial charge in [-0.15, -0.1) is 11.6 Å². The van der Waals surface area contributed by atoms with Crippen LogP contribution in [0.3, 0.4) is 0 Å². The van der Waals surface area contributed by atoms with Crippen LogP contribution >= 0.6 is 22.3 Å². The van der Waals surface area contributed by atoms with E-state index in [-0.39, 0.29) is 11.1 Å². The number of alkyl halides is 1. The lowest BCUT2D eigenvalue weighted by Gasteiger charge is -2.01. The van der Waals surface area contributed by atoms with Crippen molar-refractivity contribution in [1.29, 1.82) is 0 Å². The highest BCUT2D eigenvalue weighted by Gasteiger charge is 2.08. The zero-order chi connectivity index (χ0) is 8.20. The predicted octanol–water partition coefficient (Wildman–Crippen LogP) is 1.96. The molecule has 0 aromatic carbocycles. The van der Waals surface area contributed by atoms with E-state index in [9.17, 15) is 8.42 Å². The molecule has 0 aliphatic heterocycles. The summed E-state index contributed by atoms with van der Waals surface area (Å²) in [4.78, 5) is 0. The molecule has 0 heterocycles. The third kappa shape index (κ3) is 6.65. The first-order valence-electron chi connectivity index (χ1n) is 3.02. The summed E-state index contributed by atoms with van der Waals surface area (Å²) in [6.45, 7) is 1.90. The molecule has 0 saturated carbocycles. The molecule has 0 aromatic heterocycles. The monoisotopic (exact) mass is 204 g/mol. The standard InChI is InChI=1S/C5H10Cl2O2S/c1-2-5(6)3-4-10(7,8)9/h5H,2-4H2,1H3. The van der Waals surface area contributed by atoms with Crippen molar-refractivity contribution in [2.75, 3.05) is 5.75 Å². The molecular formula is C5H10Cl2O2S. The van der Waals surface area contributed by atoms with E-state index in [1.165, 1.54) is 0 Å². The second-order valence-electron chi connectivity index (χ2n) is 2.04. The summed E-state index contributed by atoms with van der Waals surface area (Å²) in [5, 5.41) is -0.0754. The van der Waals surface area contributed by atoms with Crippen LogP contribution in [0.1, 0.15) is 19.8 Å². The third-order valence-corrected chi connectivity index (χ3v) is 2.83. The van der Waals surface area contributed by atoms with Gasteiger partial charge >= 0.3 is 0 Å².